The van der Waals surface area contributed by atoms with E-state index in [1.54, 1.807) is 10.4 Å². The summed E-state index contributed by atoms with van der Waals surface area (Å²) in [6, 6.07) is 0. The third kappa shape index (κ3) is 4.14. The van der Waals surface area contributed by atoms with E-state index in [0.717, 1.165) is 0 Å². The van der Waals surface area contributed by atoms with Gasteiger partial charge in [-0.05, 0) is 0 Å². The summed E-state index contributed by atoms with van der Waals surface area (Å²) in [5.74, 6) is 1.69. The van der Waals surface area contributed by atoms with Crippen LogP contribution in [0.15, 0.2) is 4.47 Å². The van der Waals surface area contributed by atoms with Crippen LogP contribution in [0.25, 0.3) is 0 Å². The molecule has 0 aromatic heterocycles. The van der Waals surface area contributed by atoms with Gasteiger partial charge in [0.2, 0.25) is 0 Å². The van der Waals surface area contributed by atoms with E-state index >= 15 is 0 Å². The first-order valence-electron chi connectivity index (χ1n) is 0.992. The van der Waals surface area contributed by atoms with Crippen molar-refractivity contribution in [3.63, 3.8) is 0 Å². The molecule has 0 aliphatic heterocycles. The molecule has 0 rings (SSSR count). The molecule has 0 fully saturated rings. The molecule has 0 unspecified atom stereocenters. The average molecular weight is 251 g/mol. The zero-order chi connectivity index (χ0) is 4.12. The van der Waals surface area contributed by atoms with Gasteiger partial charge in [0.1, 0.15) is 0 Å². The molecule has 0 aromatic rings. The van der Waals surface area contributed by atoms with Gasteiger partial charge in [-0.1, -0.05) is 0 Å². The Morgan fingerprint density at radius 1 is 2.00 bits per heavy atom. The SMILES string of the molecule is [CH3][Pt][CH]=C=O. The fourth-order valence-electron chi connectivity index (χ4n) is 0.0373. The molecule has 0 saturated carbocycles. The fraction of sp³-hybridized carbons (Fsp3) is 0.333. The summed E-state index contributed by atoms with van der Waals surface area (Å²) in [6.45, 7) is 0. The van der Waals surface area contributed by atoms with Crippen molar-refractivity contribution in [1.82, 2.24) is 0 Å². The van der Waals surface area contributed by atoms with Gasteiger partial charge >= 0.3 is 39.1 Å². The van der Waals surface area contributed by atoms with Crippen molar-refractivity contribution in [2.24, 2.45) is 0 Å². The predicted octanol–water partition coefficient (Wildman–Crippen LogP) is 0.462. The van der Waals surface area contributed by atoms with Gasteiger partial charge in [0.05, 0.1) is 0 Å². The van der Waals surface area contributed by atoms with Crippen molar-refractivity contribution in [3.05, 3.63) is 4.47 Å². The molecule has 0 saturated heterocycles. The first kappa shape index (κ1) is 5.14. The minimum atomic E-state index is 0.0513. The average Bonchev–Trinajstić information content (AvgIpc) is 1.41. The van der Waals surface area contributed by atoms with Gasteiger partial charge in [-0.25, -0.2) is 0 Å². The molecule has 0 radical (unpaired) electrons. The molecule has 1 nitrogen and oxygen atoms in total. The molecule has 0 N–H and O–H groups in total. The Hall–Kier alpha value is 0.138. The second kappa shape index (κ2) is 4.14. The summed E-state index contributed by atoms with van der Waals surface area (Å²) in [4.78, 5) is 9.25. The zero-order valence-electron chi connectivity index (χ0n) is 2.80. The molecular weight excluding hydrogens is 247 g/mol. The van der Waals surface area contributed by atoms with Gasteiger partial charge in [0.25, 0.3) is 0 Å². The van der Waals surface area contributed by atoms with Gasteiger partial charge < -0.3 is 0 Å². The van der Waals surface area contributed by atoms with Crippen molar-refractivity contribution in [2.45, 2.75) is 5.31 Å². The van der Waals surface area contributed by atoms with Crippen molar-refractivity contribution in [1.29, 1.82) is 0 Å². The van der Waals surface area contributed by atoms with Crippen LogP contribution in [0.4, 0.5) is 0 Å². The van der Waals surface area contributed by atoms with Gasteiger partial charge in [-0.3, -0.25) is 0 Å². The molecular formula is C3H4OPt. The van der Waals surface area contributed by atoms with E-state index in [1.807, 2.05) is 5.31 Å². The molecule has 0 amide bonds. The summed E-state index contributed by atoms with van der Waals surface area (Å²) >= 11 is 0.0513. The maximum atomic E-state index is 9.25. The van der Waals surface area contributed by atoms with Gasteiger partial charge in [-0.2, -0.15) is 0 Å². The topological polar surface area (TPSA) is 17.1 Å². The Kier molecular flexibility index (Phi) is 4.25. The third-order valence-electron chi connectivity index (χ3n) is 0.129. The van der Waals surface area contributed by atoms with E-state index in [9.17, 15) is 4.79 Å². The molecule has 5 heavy (non-hydrogen) atoms. The number of rotatable bonds is 1. The molecule has 2 heteroatoms. The minimum absolute atomic E-state index is 0.0513. The monoisotopic (exact) mass is 251 g/mol. The molecule has 0 aromatic carbocycles. The number of hydrogen-bond acceptors (Lipinski definition) is 1. The van der Waals surface area contributed by atoms with Crippen LogP contribution in [0.3, 0.4) is 0 Å². The van der Waals surface area contributed by atoms with Crippen molar-refractivity contribution in [2.75, 3.05) is 0 Å². The Morgan fingerprint density at radius 2 is 2.60 bits per heavy atom. The normalized spacial score (nSPS) is 6.60. The van der Waals surface area contributed by atoms with Gasteiger partial charge in [-0.15, -0.1) is 0 Å². The standard InChI is InChI=1S/C2HO.CH3.Pt/c1-2-3;;/h1H;1H3;. The molecule has 32 valence electrons. The van der Waals surface area contributed by atoms with Crippen LogP contribution in [-0.2, 0) is 23.4 Å². The Morgan fingerprint density at radius 3 is 2.60 bits per heavy atom. The molecule has 0 aliphatic carbocycles. The van der Waals surface area contributed by atoms with Crippen molar-refractivity contribution in [3.8, 4) is 0 Å². The van der Waals surface area contributed by atoms with E-state index in [1.165, 1.54) is 0 Å². The molecule has 0 aliphatic rings. The first-order valence-corrected chi connectivity index (χ1v) is 4.58. The van der Waals surface area contributed by atoms with Gasteiger partial charge in [0, 0.05) is 0 Å². The second-order valence-corrected chi connectivity index (χ2v) is 2.36. The molecule has 0 bridgehead atoms. The number of carbonyl (C=O) groups excluding carboxylic acids is 1. The Balaban J connectivity index is 2.93. The van der Waals surface area contributed by atoms with Crippen molar-refractivity contribution < 1.29 is 23.4 Å². The van der Waals surface area contributed by atoms with Crippen LogP contribution >= 0.6 is 0 Å². The van der Waals surface area contributed by atoms with Crippen molar-refractivity contribution >= 4 is 5.94 Å². The fourth-order valence-corrected chi connectivity index (χ4v) is 0.305. The predicted molar refractivity (Wildman–Crippen MR) is 16.1 cm³/mol. The van der Waals surface area contributed by atoms with Crippen LogP contribution in [0.2, 0.25) is 5.31 Å². The summed E-state index contributed by atoms with van der Waals surface area (Å²) in [7, 11) is 0. The maximum absolute atomic E-state index is 9.25. The summed E-state index contributed by atoms with van der Waals surface area (Å²) in [5.41, 5.74) is 0. The van der Waals surface area contributed by atoms with Crippen LogP contribution in [-0.4, -0.2) is 5.94 Å². The number of hydrogen-bond donors (Lipinski definition) is 0. The molecule has 0 spiro atoms. The Bertz CT molecular complexity index is 53.9. The second-order valence-electron chi connectivity index (χ2n) is 0.392. The van der Waals surface area contributed by atoms with Crippen LogP contribution < -0.4 is 0 Å². The third-order valence-corrected chi connectivity index (χ3v) is 1.05. The summed E-state index contributed by atoms with van der Waals surface area (Å²) in [6.07, 6.45) is 0. The quantitative estimate of drug-likeness (QED) is 0.619. The Labute approximate surface area is 39.6 Å². The summed E-state index contributed by atoms with van der Waals surface area (Å²) in [5, 5.41) is 2.00. The van der Waals surface area contributed by atoms with E-state index in [-0.39, 0.29) is 18.6 Å². The van der Waals surface area contributed by atoms with Crippen LogP contribution in [0.5, 0.6) is 0 Å². The van der Waals surface area contributed by atoms with E-state index in [4.69, 9.17) is 0 Å². The summed E-state index contributed by atoms with van der Waals surface area (Å²) < 4.78 is 1.56. The van der Waals surface area contributed by atoms with E-state index in [2.05, 4.69) is 0 Å². The molecule has 0 atom stereocenters. The molecule has 0 heterocycles. The van der Waals surface area contributed by atoms with Crippen LogP contribution in [0, 0.1) is 0 Å². The van der Waals surface area contributed by atoms with E-state index in [0.29, 0.717) is 0 Å². The zero-order valence-corrected chi connectivity index (χ0v) is 5.07. The van der Waals surface area contributed by atoms with E-state index < -0.39 is 0 Å². The van der Waals surface area contributed by atoms with Gasteiger partial charge in [0.15, 0.2) is 0 Å². The van der Waals surface area contributed by atoms with Crippen LogP contribution in [0.1, 0.15) is 0 Å². The first-order chi connectivity index (χ1) is 2.41.